The van der Waals surface area contributed by atoms with E-state index >= 15 is 0 Å². The summed E-state index contributed by atoms with van der Waals surface area (Å²) in [6.45, 7) is 1.85. The number of carboxylic acid groups (broad SMARTS) is 1. The number of thiophene rings is 1. The Morgan fingerprint density at radius 1 is 1.15 bits per heavy atom. The first kappa shape index (κ1) is 18.1. The molecular weight excluding hydrogens is 372 g/mol. The highest BCUT2D eigenvalue weighted by Crippen LogP contribution is 2.40. The molecule has 26 heavy (non-hydrogen) atoms. The number of aryl methyl sites for hydroxylation is 1. The zero-order chi connectivity index (χ0) is 18.8. The summed E-state index contributed by atoms with van der Waals surface area (Å²) >= 11 is -1.39. The van der Waals surface area contributed by atoms with E-state index in [0.717, 1.165) is 26.8 Å². The van der Waals surface area contributed by atoms with Crippen molar-refractivity contribution < 1.29 is 18.7 Å². The van der Waals surface area contributed by atoms with Crippen LogP contribution in [0.5, 0.6) is 0 Å². The molecule has 0 bridgehead atoms. The fraction of sp³-hybridized carbons (Fsp3) is 0.0556. The van der Waals surface area contributed by atoms with Crippen LogP contribution in [0.1, 0.15) is 15.2 Å². The Balaban J connectivity index is 2.16. The fourth-order valence-electron chi connectivity index (χ4n) is 2.54. The van der Waals surface area contributed by atoms with E-state index in [2.05, 4.69) is 0 Å². The zero-order valence-corrected chi connectivity index (χ0v) is 15.4. The molecule has 2 aromatic carbocycles. The van der Waals surface area contributed by atoms with E-state index in [4.69, 9.17) is 5.73 Å². The van der Waals surface area contributed by atoms with Crippen LogP contribution < -0.4 is 10.0 Å². The number of hydrogen-bond donors (Lipinski definition) is 3. The van der Waals surface area contributed by atoms with Crippen LogP contribution >= 0.6 is 11.3 Å². The summed E-state index contributed by atoms with van der Waals surface area (Å²) in [7, 11) is 0. The number of hydrogen-bond acceptors (Lipinski definition) is 4. The summed E-state index contributed by atoms with van der Waals surface area (Å²) in [6, 6.07) is 15.6. The Labute approximate surface area is 156 Å². The average molecular weight is 388 g/mol. The molecule has 0 saturated carbocycles. The van der Waals surface area contributed by atoms with Crippen molar-refractivity contribution in [3.8, 4) is 10.4 Å². The second-order valence-electron chi connectivity index (χ2n) is 5.62. The molecule has 0 saturated heterocycles. The van der Waals surface area contributed by atoms with Crippen molar-refractivity contribution in [1.82, 2.24) is 0 Å². The number of nitrogen functional groups attached to an aromatic ring is 1. The van der Waals surface area contributed by atoms with Gasteiger partial charge < -0.3 is 10.8 Å². The second kappa shape index (κ2) is 7.28. The van der Waals surface area contributed by atoms with Crippen LogP contribution in [0.2, 0.25) is 0 Å². The van der Waals surface area contributed by atoms with E-state index in [1.165, 1.54) is 0 Å². The molecule has 134 valence electrons. The van der Waals surface area contributed by atoms with Gasteiger partial charge >= 0.3 is 5.97 Å². The van der Waals surface area contributed by atoms with Gasteiger partial charge in [0.1, 0.15) is 4.88 Å². The topological polar surface area (TPSA) is 104 Å². The van der Waals surface area contributed by atoms with Gasteiger partial charge in [-0.1, -0.05) is 24.3 Å². The van der Waals surface area contributed by atoms with Gasteiger partial charge in [0.25, 0.3) is 11.3 Å². The average Bonchev–Trinajstić information content (AvgIpc) is 3.00. The molecule has 0 aliphatic rings. The molecule has 4 N–H and O–H groups in total. The molecule has 0 amide bonds. The lowest BCUT2D eigenvalue weighted by Crippen LogP contribution is -2.20. The lowest BCUT2D eigenvalue weighted by atomic mass is 10.1. The molecule has 6 nitrogen and oxygen atoms in total. The minimum absolute atomic E-state index is 0.0132. The van der Waals surface area contributed by atoms with Crippen LogP contribution in [-0.2, 0) is 11.3 Å². The van der Waals surface area contributed by atoms with Gasteiger partial charge in [-0.2, -0.15) is 0 Å². The van der Waals surface area contributed by atoms with Crippen molar-refractivity contribution in [2.75, 3.05) is 10.0 Å². The molecule has 3 rings (SSSR count). The fourth-order valence-corrected chi connectivity index (χ4v) is 4.19. The molecule has 1 atom stereocenters. The van der Waals surface area contributed by atoms with Crippen LogP contribution in [0.4, 0.5) is 17.1 Å². The Morgan fingerprint density at radius 3 is 2.42 bits per heavy atom. The number of aromatic carboxylic acids is 1. The largest absolute Gasteiger partial charge is 0.477 e. The predicted octanol–water partition coefficient (Wildman–Crippen LogP) is 4.28. The predicted molar refractivity (Wildman–Crippen MR) is 105 cm³/mol. The molecule has 3 aromatic rings. The molecule has 0 fully saturated rings. The van der Waals surface area contributed by atoms with Gasteiger partial charge in [-0.05, 0) is 48.4 Å². The van der Waals surface area contributed by atoms with Gasteiger partial charge in [-0.15, -0.1) is 11.3 Å². The van der Waals surface area contributed by atoms with Gasteiger partial charge in [0.05, 0.1) is 11.4 Å². The van der Waals surface area contributed by atoms with Gasteiger partial charge in [-0.3, -0.25) is 4.55 Å². The summed E-state index contributed by atoms with van der Waals surface area (Å²) < 4.78 is 22.9. The van der Waals surface area contributed by atoms with Gasteiger partial charge in [-0.25, -0.2) is 13.3 Å². The minimum atomic E-state index is -2.43. The number of carboxylic acids is 1. The van der Waals surface area contributed by atoms with Gasteiger partial charge in [0, 0.05) is 10.6 Å². The molecule has 0 aliphatic heterocycles. The maximum atomic E-state index is 12.0. The highest BCUT2D eigenvalue weighted by atomic mass is 32.2. The van der Waals surface area contributed by atoms with Crippen LogP contribution in [0, 0.1) is 6.92 Å². The van der Waals surface area contributed by atoms with Crippen molar-refractivity contribution in [2.24, 2.45) is 0 Å². The molecule has 1 aromatic heterocycles. The lowest BCUT2D eigenvalue weighted by molar-refractivity contribution is 0.0703. The van der Waals surface area contributed by atoms with E-state index in [1.54, 1.807) is 48.5 Å². The number of nitrogens with zero attached hydrogens (tertiary/aromatic N) is 1. The van der Waals surface area contributed by atoms with E-state index < -0.39 is 17.2 Å². The first-order valence-corrected chi connectivity index (χ1v) is 9.45. The third-order valence-electron chi connectivity index (χ3n) is 3.71. The third kappa shape index (κ3) is 3.62. The molecule has 0 aliphatic carbocycles. The number of anilines is 3. The molecular formula is C18H16N2O4S2. The minimum Gasteiger partial charge on any atom is -0.477 e. The summed E-state index contributed by atoms with van der Waals surface area (Å²) in [5, 5.41) is 9.59. The van der Waals surface area contributed by atoms with Crippen LogP contribution in [0.25, 0.3) is 10.4 Å². The SMILES string of the molecule is Cc1cccc(N(c2cc(-c3ccc(N)cc3)sc2C(=O)O)S(=O)O)c1. The van der Waals surface area contributed by atoms with Crippen molar-refractivity contribution in [1.29, 1.82) is 0 Å². The third-order valence-corrected chi connectivity index (χ3v) is 5.59. The highest BCUT2D eigenvalue weighted by molar-refractivity contribution is 7.81. The zero-order valence-electron chi connectivity index (χ0n) is 13.7. The first-order chi connectivity index (χ1) is 12.4. The molecule has 1 unspecified atom stereocenters. The number of rotatable bonds is 5. The lowest BCUT2D eigenvalue weighted by Gasteiger charge is -2.20. The van der Waals surface area contributed by atoms with E-state index in [0.29, 0.717) is 16.3 Å². The maximum Gasteiger partial charge on any atom is 0.348 e. The number of benzene rings is 2. The standard InChI is InChI=1S/C18H16N2O4S2/c1-11-3-2-4-14(9-11)20(26(23)24)15-10-16(25-17(15)18(21)22)12-5-7-13(19)8-6-12/h2-10H,19H2,1H3,(H,21,22)(H,23,24). The van der Waals surface area contributed by atoms with Crippen LogP contribution in [0.15, 0.2) is 54.6 Å². The van der Waals surface area contributed by atoms with Crippen molar-refractivity contribution in [3.05, 3.63) is 65.0 Å². The summed E-state index contributed by atoms with van der Waals surface area (Å²) in [5.41, 5.74) is 8.58. The Morgan fingerprint density at radius 2 is 1.85 bits per heavy atom. The molecule has 0 spiro atoms. The van der Waals surface area contributed by atoms with Crippen molar-refractivity contribution in [2.45, 2.75) is 6.92 Å². The van der Waals surface area contributed by atoms with Crippen molar-refractivity contribution in [3.63, 3.8) is 0 Å². The summed E-state index contributed by atoms with van der Waals surface area (Å²) in [4.78, 5) is 12.4. The van der Waals surface area contributed by atoms with Gasteiger partial charge in [0.2, 0.25) is 0 Å². The molecule has 0 radical (unpaired) electrons. The van der Waals surface area contributed by atoms with E-state index in [-0.39, 0.29) is 10.6 Å². The highest BCUT2D eigenvalue weighted by Gasteiger charge is 2.25. The monoisotopic (exact) mass is 388 g/mol. The van der Waals surface area contributed by atoms with Crippen LogP contribution in [0.3, 0.4) is 0 Å². The van der Waals surface area contributed by atoms with E-state index in [9.17, 15) is 18.7 Å². The van der Waals surface area contributed by atoms with Crippen molar-refractivity contribution >= 4 is 45.6 Å². The molecule has 1 heterocycles. The van der Waals surface area contributed by atoms with E-state index in [1.807, 2.05) is 13.0 Å². The second-order valence-corrected chi connectivity index (χ2v) is 7.50. The van der Waals surface area contributed by atoms with Crippen LogP contribution in [-0.4, -0.2) is 19.8 Å². The molecule has 8 heteroatoms. The first-order valence-electron chi connectivity index (χ1n) is 7.57. The Bertz CT molecular complexity index is 983. The number of nitrogens with two attached hydrogens (primary N) is 1. The summed E-state index contributed by atoms with van der Waals surface area (Å²) in [5.74, 6) is -1.16. The Kier molecular flexibility index (Phi) is 5.08. The summed E-state index contributed by atoms with van der Waals surface area (Å²) in [6.07, 6.45) is 0. The quantitative estimate of drug-likeness (QED) is 0.447. The van der Waals surface area contributed by atoms with Gasteiger partial charge in [0.15, 0.2) is 0 Å². The Hall–Kier alpha value is -2.68. The smallest absolute Gasteiger partial charge is 0.348 e. The normalized spacial score (nSPS) is 11.9. The maximum absolute atomic E-state index is 12.0. The number of carbonyl (C=O) groups is 1.